The lowest BCUT2D eigenvalue weighted by atomic mass is 9.92. The van der Waals surface area contributed by atoms with Crippen molar-refractivity contribution in [2.45, 2.75) is 33.2 Å². The Kier molecular flexibility index (Phi) is 4.39. The Hall–Kier alpha value is -1.60. The molecule has 0 saturated heterocycles. The minimum absolute atomic E-state index is 0.376. The molecule has 2 rings (SSSR count). The molecule has 0 saturated carbocycles. The summed E-state index contributed by atoms with van der Waals surface area (Å²) in [5, 5.41) is 3.46. The highest BCUT2D eigenvalue weighted by atomic mass is 14.9. The minimum atomic E-state index is 0.376. The average Bonchev–Trinajstić information content (AvgIpc) is 2.41. The van der Waals surface area contributed by atoms with Gasteiger partial charge < -0.3 is 5.32 Å². The van der Waals surface area contributed by atoms with Gasteiger partial charge in [-0.3, -0.25) is 0 Å². The third-order valence-electron chi connectivity index (χ3n) is 4.06. The number of hydrogen-bond donors (Lipinski definition) is 1. The Morgan fingerprint density at radius 1 is 0.895 bits per heavy atom. The molecule has 1 nitrogen and oxygen atoms in total. The molecule has 2 aromatic rings. The molecule has 100 valence electrons. The van der Waals surface area contributed by atoms with Gasteiger partial charge in [0.05, 0.1) is 0 Å². The summed E-state index contributed by atoms with van der Waals surface area (Å²) in [6.07, 6.45) is 1.04. The van der Waals surface area contributed by atoms with Gasteiger partial charge in [0.15, 0.2) is 0 Å². The summed E-state index contributed by atoms with van der Waals surface area (Å²) in [5.41, 5.74) is 6.96. The second-order valence-electron chi connectivity index (χ2n) is 5.26. The first kappa shape index (κ1) is 13.8. The third-order valence-corrected chi connectivity index (χ3v) is 4.06. The predicted molar refractivity (Wildman–Crippen MR) is 82.6 cm³/mol. The molecule has 0 bridgehead atoms. The molecule has 0 heterocycles. The van der Waals surface area contributed by atoms with Crippen molar-refractivity contribution in [3.8, 4) is 0 Å². The lowest BCUT2D eigenvalue weighted by Gasteiger charge is -2.21. The Labute approximate surface area is 116 Å². The first-order chi connectivity index (χ1) is 9.13. The van der Waals surface area contributed by atoms with Crippen LogP contribution in [0.15, 0.2) is 42.5 Å². The highest BCUT2D eigenvalue weighted by molar-refractivity contribution is 5.37. The largest absolute Gasteiger partial charge is 0.313 e. The lowest BCUT2D eigenvalue weighted by molar-refractivity contribution is 0.587. The average molecular weight is 253 g/mol. The number of nitrogens with one attached hydrogen (secondary N) is 1. The van der Waals surface area contributed by atoms with Gasteiger partial charge >= 0.3 is 0 Å². The minimum Gasteiger partial charge on any atom is -0.313 e. The number of aryl methyl sites for hydroxylation is 2. The van der Waals surface area contributed by atoms with Gasteiger partial charge in [-0.25, -0.2) is 0 Å². The monoisotopic (exact) mass is 253 g/mol. The van der Waals surface area contributed by atoms with Gasteiger partial charge in [0.1, 0.15) is 0 Å². The summed E-state index contributed by atoms with van der Waals surface area (Å²) in [6, 6.07) is 15.6. The zero-order chi connectivity index (χ0) is 13.8. The molecule has 0 fully saturated rings. The molecule has 1 unspecified atom stereocenters. The van der Waals surface area contributed by atoms with Gasteiger partial charge in [-0.2, -0.15) is 0 Å². The smallest absolute Gasteiger partial charge is 0.0361 e. The van der Waals surface area contributed by atoms with E-state index in [1.54, 1.807) is 0 Å². The van der Waals surface area contributed by atoms with Gasteiger partial charge in [0.25, 0.3) is 0 Å². The maximum Gasteiger partial charge on any atom is 0.0361 e. The summed E-state index contributed by atoms with van der Waals surface area (Å²) < 4.78 is 0. The highest BCUT2D eigenvalue weighted by Gasteiger charge is 2.14. The van der Waals surface area contributed by atoms with Crippen LogP contribution in [0, 0.1) is 20.8 Å². The first-order valence-electron chi connectivity index (χ1n) is 6.91. The van der Waals surface area contributed by atoms with E-state index in [0.29, 0.717) is 6.04 Å². The standard InChI is InChI=1S/C18H23N/c1-13-9-7-11-17(15(13)3)18(19-4)12-16-10-6-5-8-14(16)2/h5-11,18-19H,12H2,1-4H3. The summed E-state index contributed by atoms with van der Waals surface area (Å²) >= 11 is 0. The molecule has 19 heavy (non-hydrogen) atoms. The van der Waals surface area contributed by atoms with Crippen LogP contribution in [-0.2, 0) is 6.42 Å². The van der Waals surface area contributed by atoms with E-state index < -0.39 is 0 Å². The van der Waals surface area contributed by atoms with E-state index in [1.165, 1.54) is 27.8 Å². The van der Waals surface area contributed by atoms with Crippen molar-refractivity contribution in [2.75, 3.05) is 7.05 Å². The molecule has 0 amide bonds. The fourth-order valence-electron chi connectivity index (χ4n) is 2.58. The van der Waals surface area contributed by atoms with Gasteiger partial charge in [-0.15, -0.1) is 0 Å². The van der Waals surface area contributed by atoms with Crippen LogP contribution in [0.2, 0.25) is 0 Å². The molecule has 1 atom stereocenters. The normalized spacial score (nSPS) is 12.4. The summed E-state index contributed by atoms with van der Waals surface area (Å²) in [6.45, 7) is 6.58. The number of hydrogen-bond acceptors (Lipinski definition) is 1. The van der Waals surface area contributed by atoms with Crippen molar-refractivity contribution in [1.29, 1.82) is 0 Å². The Morgan fingerprint density at radius 3 is 2.26 bits per heavy atom. The van der Waals surface area contributed by atoms with Crippen LogP contribution in [0.4, 0.5) is 0 Å². The number of benzene rings is 2. The van der Waals surface area contributed by atoms with Crippen molar-refractivity contribution < 1.29 is 0 Å². The van der Waals surface area contributed by atoms with Crippen molar-refractivity contribution >= 4 is 0 Å². The Balaban J connectivity index is 2.31. The maximum atomic E-state index is 3.46. The Morgan fingerprint density at radius 2 is 1.58 bits per heavy atom. The van der Waals surface area contributed by atoms with Gasteiger partial charge in [0, 0.05) is 6.04 Å². The summed E-state index contributed by atoms with van der Waals surface area (Å²) in [4.78, 5) is 0. The molecule has 0 aliphatic rings. The van der Waals surface area contributed by atoms with Crippen LogP contribution < -0.4 is 5.32 Å². The van der Waals surface area contributed by atoms with Gasteiger partial charge in [-0.05, 0) is 62.1 Å². The summed E-state index contributed by atoms with van der Waals surface area (Å²) in [7, 11) is 2.05. The quantitative estimate of drug-likeness (QED) is 0.864. The topological polar surface area (TPSA) is 12.0 Å². The van der Waals surface area contributed by atoms with Crippen molar-refractivity contribution in [2.24, 2.45) is 0 Å². The van der Waals surface area contributed by atoms with E-state index in [4.69, 9.17) is 0 Å². The first-order valence-corrected chi connectivity index (χ1v) is 6.91. The molecule has 0 radical (unpaired) electrons. The van der Waals surface area contributed by atoms with E-state index in [2.05, 4.69) is 68.6 Å². The molecule has 0 aliphatic carbocycles. The van der Waals surface area contributed by atoms with E-state index in [-0.39, 0.29) is 0 Å². The second kappa shape index (κ2) is 6.03. The fourth-order valence-corrected chi connectivity index (χ4v) is 2.58. The van der Waals surface area contributed by atoms with Crippen molar-refractivity contribution in [3.63, 3.8) is 0 Å². The maximum absolute atomic E-state index is 3.46. The van der Waals surface area contributed by atoms with Crippen LogP contribution in [-0.4, -0.2) is 7.05 Å². The number of rotatable bonds is 4. The lowest BCUT2D eigenvalue weighted by Crippen LogP contribution is -2.20. The SMILES string of the molecule is CNC(Cc1ccccc1C)c1cccc(C)c1C. The molecular formula is C18H23N. The fraction of sp³-hybridized carbons (Fsp3) is 0.333. The molecule has 1 heteroatoms. The molecule has 1 N–H and O–H groups in total. The van der Waals surface area contributed by atoms with E-state index in [0.717, 1.165) is 6.42 Å². The molecule has 0 aliphatic heterocycles. The van der Waals surface area contributed by atoms with E-state index >= 15 is 0 Å². The van der Waals surface area contributed by atoms with Crippen LogP contribution in [0.1, 0.15) is 33.9 Å². The second-order valence-corrected chi connectivity index (χ2v) is 5.26. The van der Waals surface area contributed by atoms with Crippen LogP contribution >= 0.6 is 0 Å². The van der Waals surface area contributed by atoms with Gasteiger partial charge in [0.2, 0.25) is 0 Å². The summed E-state index contributed by atoms with van der Waals surface area (Å²) in [5.74, 6) is 0. The van der Waals surface area contributed by atoms with Crippen molar-refractivity contribution in [1.82, 2.24) is 5.32 Å². The predicted octanol–water partition coefficient (Wildman–Crippen LogP) is 4.12. The van der Waals surface area contributed by atoms with E-state index in [9.17, 15) is 0 Å². The number of likely N-dealkylation sites (N-methyl/N-ethyl adjacent to an activating group) is 1. The van der Waals surface area contributed by atoms with Crippen LogP contribution in [0.3, 0.4) is 0 Å². The zero-order valence-corrected chi connectivity index (χ0v) is 12.3. The Bertz CT molecular complexity index is 557. The molecule has 0 aromatic heterocycles. The van der Waals surface area contributed by atoms with Gasteiger partial charge in [-0.1, -0.05) is 42.5 Å². The third kappa shape index (κ3) is 3.05. The molecule has 2 aromatic carbocycles. The highest BCUT2D eigenvalue weighted by Crippen LogP contribution is 2.24. The van der Waals surface area contributed by atoms with E-state index in [1.807, 2.05) is 7.05 Å². The van der Waals surface area contributed by atoms with Crippen LogP contribution in [0.5, 0.6) is 0 Å². The zero-order valence-electron chi connectivity index (χ0n) is 12.3. The van der Waals surface area contributed by atoms with Crippen molar-refractivity contribution in [3.05, 3.63) is 70.3 Å². The van der Waals surface area contributed by atoms with Crippen LogP contribution in [0.25, 0.3) is 0 Å². The molecule has 0 spiro atoms. The molecular weight excluding hydrogens is 230 g/mol.